The summed E-state index contributed by atoms with van der Waals surface area (Å²) in [6, 6.07) is 9.36. The number of nitrogens with one attached hydrogen (secondary N) is 1. The first-order chi connectivity index (χ1) is 8.66. The Bertz CT molecular complexity index is 629. The predicted octanol–water partition coefficient (Wildman–Crippen LogP) is 0.924. The van der Waals surface area contributed by atoms with Gasteiger partial charge in [-0.25, -0.2) is 4.79 Å². The highest BCUT2D eigenvalue weighted by molar-refractivity contribution is 5.20. The lowest BCUT2D eigenvalue weighted by Crippen LogP contribution is -2.32. The minimum Gasteiger partial charge on any atom is -0.492 e. The molecule has 1 heterocycles. The van der Waals surface area contributed by atoms with Crippen molar-refractivity contribution in [3.05, 3.63) is 62.9 Å². The van der Waals surface area contributed by atoms with Crippen LogP contribution in [-0.4, -0.2) is 16.2 Å². The van der Waals surface area contributed by atoms with Crippen molar-refractivity contribution < 1.29 is 4.74 Å². The van der Waals surface area contributed by atoms with Crippen molar-refractivity contribution >= 4 is 0 Å². The molecule has 0 saturated heterocycles. The van der Waals surface area contributed by atoms with Gasteiger partial charge in [-0.05, 0) is 19.1 Å². The van der Waals surface area contributed by atoms with Crippen molar-refractivity contribution in [2.45, 2.75) is 13.5 Å². The van der Waals surface area contributed by atoms with Gasteiger partial charge < -0.3 is 4.74 Å². The van der Waals surface area contributed by atoms with Gasteiger partial charge in [0, 0.05) is 11.8 Å². The SMILES string of the molecule is Cc1cn(CCOc2ccccc2)c(=O)[nH]c1=O. The summed E-state index contributed by atoms with van der Waals surface area (Å²) >= 11 is 0. The third kappa shape index (κ3) is 2.88. The van der Waals surface area contributed by atoms with Crippen LogP contribution in [0.4, 0.5) is 0 Å². The standard InChI is InChI=1S/C13H14N2O3/c1-10-9-15(13(17)14-12(10)16)7-8-18-11-5-3-2-4-6-11/h2-6,9H,7-8H2,1H3,(H,14,16,17). The zero-order chi connectivity index (χ0) is 13.0. The van der Waals surface area contributed by atoms with E-state index in [0.29, 0.717) is 18.7 Å². The van der Waals surface area contributed by atoms with Crippen LogP contribution in [0.25, 0.3) is 0 Å². The summed E-state index contributed by atoms with van der Waals surface area (Å²) in [6.45, 7) is 2.42. The smallest absolute Gasteiger partial charge is 0.328 e. The molecule has 5 nitrogen and oxygen atoms in total. The Kier molecular flexibility index (Phi) is 3.62. The lowest BCUT2D eigenvalue weighted by Gasteiger charge is -2.08. The van der Waals surface area contributed by atoms with E-state index in [-0.39, 0.29) is 5.56 Å². The Morgan fingerprint density at radius 2 is 1.94 bits per heavy atom. The lowest BCUT2D eigenvalue weighted by molar-refractivity contribution is 0.295. The predicted molar refractivity (Wildman–Crippen MR) is 68.0 cm³/mol. The molecule has 2 rings (SSSR count). The molecule has 2 aromatic rings. The van der Waals surface area contributed by atoms with Crippen LogP contribution in [0.15, 0.2) is 46.1 Å². The monoisotopic (exact) mass is 246 g/mol. The molecule has 18 heavy (non-hydrogen) atoms. The number of aromatic amines is 1. The molecule has 0 radical (unpaired) electrons. The summed E-state index contributed by atoms with van der Waals surface area (Å²) in [5.41, 5.74) is -0.253. The van der Waals surface area contributed by atoms with Crippen molar-refractivity contribution in [2.75, 3.05) is 6.61 Å². The van der Waals surface area contributed by atoms with Crippen LogP contribution in [0.5, 0.6) is 5.75 Å². The van der Waals surface area contributed by atoms with Crippen LogP contribution in [-0.2, 0) is 6.54 Å². The number of rotatable bonds is 4. The minimum absolute atomic E-state index is 0.347. The summed E-state index contributed by atoms with van der Waals surface area (Å²) in [6.07, 6.45) is 1.54. The Morgan fingerprint density at radius 1 is 1.22 bits per heavy atom. The first kappa shape index (κ1) is 12.2. The summed E-state index contributed by atoms with van der Waals surface area (Å²) in [4.78, 5) is 24.9. The second kappa shape index (κ2) is 5.35. The van der Waals surface area contributed by atoms with E-state index < -0.39 is 5.69 Å². The Hall–Kier alpha value is -2.30. The van der Waals surface area contributed by atoms with E-state index in [2.05, 4.69) is 4.98 Å². The third-order valence-electron chi connectivity index (χ3n) is 2.53. The molecule has 1 N–H and O–H groups in total. The largest absolute Gasteiger partial charge is 0.492 e. The summed E-state index contributed by atoms with van der Waals surface area (Å²) in [5, 5.41) is 0. The van der Waals surface area contributed by atoms with Gasteiger partial charge in [-0.2, -0.15) is 0 Å². The van der Waals surface area contributed by atoms with Crippen LogP contribution in [0, 0.1) is 6.92 Å². The number of hydrogen-bond donors (Lipinski definition) is 1. The highest BCUT2D eigenvalue weighted by Gasteiger charge is 2.00. The van der Waals surface area contributed by atoms with E-state index in [1.165, 1.54) is 10.8 Å². The Labute approximate surface area is 104 Å². The fourth-order valence-corrected chi connectivity index (χ4v) is 1.56. The molecule has 0 aliphatic rings. The van der Waals surface area contributed by atoms with Gasteiger partial charge in [-0.3, -0.25) is 14.3 Å². The topological polar surface area (TPSA) is 64.1 Å². The molecular formula is C13H14N2O3. The van der Waals surface area contributed by atoms with Crippen LogP contribution < -0.4 is 16.0 Å². The molecule has 0 aliphatic carbocycles. The number of hydrogen-bond acceptors (Lipinski definition) is 3. The first-order valence-corrected chi connectivity index (χ1v) is 5.65. The highest BCUT2D eigenvalue weighted by Crippen LogP contribution is 2.07. The number of para-hydroxylation sites is 1. The summed E-state index contributed by atoms with van der Waals surface area (Å²) < 4.78 is 6.91. The van der Waals surface area contributed by atoms with Gasteiger partial charge in [0.25, 0.3) is 5.56 Å². The number of aryl methyl sites for hydroxylation is 1. The van der Waals surface area contributed by atoms with Crippen LogP contribution in [0.3, 0.4) is 0 Å². The van der Waals surface area contributed by atoms with Gasteiger partial charge in [0.05, 0.1) is 6.54 Å². The van der Waals surface area contributed by atoms with Gasteiger partial charge in [0.2, 0.25) is 0 Å². The summed E-state index contributed by atoms with van der Waals surface area (Å²) in [5.74, 6) is 0.756. The van der Waals surface area contributed by atoms with Gasteiger partial charge in [0.1, 0.15) is 12.4 Å². The molecule has 0 amide bonds. The van der Waals surface area contributed by atoms with Gasteiger partial charge in [-0.1, -0.05) is 18.2 Å². The van der Waals surface area contributed by atoms with E-state index in [9.17, 15) is 9.59 Å². The maximum Gasteiger partial charge on any atom is 0.328 e. The molecule has 0 unspecified atom stereocenters. The Balaban J connectivity index is 2.01. The molecule has 5 heteroatoms. The molecule has 94 valence electrons. The molecular weight excluding hydrogens is 232 g/mol. The molecule has 0 bridgehead atoms. The average molecular weight is 246 g/mol. The van der Waals surface area contributed by atoms with Crippen molar-refractivity contribution in [2.24, 2.45) is 0 Å². The van der Waals surface area contributed by atoms with Gasteiger partial charge in [0.15, 0.2) is 0 Å². The number of benzene rings is 1. The minimum atomic E-state index is -0.415. The lowest BCUT2D eigenvalue weighted by atomic mass is 10.3. The fourth-order valence-electron chi connectivity index (χ4n) is 1.56. The number of ether oxygens (including phenoxy) is 1. The second-order valence-electron chi connectivity index (χ2n) is 3.93. The molecule has 0 aliphatic heterocycles. The normalized spacial score (nSPS) is 10.3. The zero-order valence-electron chi connectivity index (χ0n) is 10.1. The zero-order valence-corrected chi connectivity index (χ0v) is 10.1. The quantitative estimate of drug-likeness (QED) is 0.872. The van der Waals surface area contributed by atoms with Crippen molar-refractivity contribution in [1.29, 1.82) is 0 Å². The average Bonchev–Trinajstić information content (AvgIpc) is 2.37. The van der Waals surface area contributed by atoms with Crippen LogP contribution in [0.2, 0.25) is 0 Å². The third-order valence-corrected chi connectivity index (χ3v) is 2.53. The molecule has 0 fully saturated rings. The van der Waals surface area contributed by atoms with Gasteiger partial charge in [-0.15, -0.1) is 0 Å². The maximum atomic E-state index is 11.5. The first-order valence-electron chi connectivity index (χ1n) is 5.65. The van der Waals surface area contributed by atoms with E-state index in [0.717, 1.165) is 5.75 Å². The fraction of sp³-hybridized carbons (Fsp3) is 0.231. The van der Waals surface area contributed by atoms with Crippen molar-refractivity contribution in [3.63, 3.8) is 0 Å². The molecule has 0 saturated carbocycles. The van der Waals surface area contributed by atoms with E-state index >= 15 is 0 Å². The highest BCUT2D eigenvalue weighted by atomic mass is 16.5. The molecule has 1 aromatic carbocycles. The van der Waals surface area contributed by atoms with E-state index in [1.807, 2.05) is 30.3 Å². The summed E-state index contributed by atoms with van der Waals surface area (Å²) in [7, 11) is 0. The number of H-pyrrole nitrogens is 1. The van der Waals surface area contributed by atoms with Gasteiger partial charge >= 0.3 is 5.69 Å². The molecule has 0 atom stereocenters. The number of aromatic nitrogens is 2. The second-order valence-corrected chi connectivity index (χ2v) is 3.93. The van der Waals surface area contributed by atoms with E-state index in [4.69, 9.17) is 4.74 Å². The maximum absolute atomic E-state index is 11.5. The van der Waals surface area contributed by atoms with E-state index in [1.54, 1.807) is 6.92 Å². The van der Waals surface area contributed by atoms with Crippen molar-refractivity contribution in [1.82, 2.24) is 9.55 Å². The number of nitrogens with zero attached hydrogens (tertiary/aromatic N) is 1. The van der Waals surface area contributed by atoms with Crippen LogP contribution >= 0.6 is 0 Å². The van der Waals surface area contributed by atoms with Crippen LogP contribution in [0.1, 0.15) is 5.56 Å². The Morgan fingerprint density at radius 3 is 2.67 bits per heavy atom. The molecule has 0 spiro atoms. The molecule has 1 aromatic heterocycles. The van der Waals surface area contributed by atoms with Crippen molar-refractivity contribution in [3.8, 4) is 5.75 Å².